The van der Waals surface area contributed by atoms with Gasteiger partial charge in [-0.2, -0.15) is 0 Å². The van der Waals surface area contributed by atoms with Gasteiger partial charge in [0.05, 0.1) is 18.5 Å². The Bertz CT molecular complexity index is 611. The van der Waals surface area contributed by atoms with Crippen LogP contribution < -0.4 is 14.8 Å². The van der Waals surface area contributed by atoms with Gasteiger partial charge in [-0.05, 0) is 38.6 Å². The molecule has 0 spiro atoms. The molecule has 1 aliphatic rings. The van der Waals surface area contributed by atoms with E-state index in [-0.39, 0.29) is 30.8 Å². The number of rotatable bonds is 7. The number of aliphatic carboxylic acids is 1. The minimum Gasteiger partial charge on any atom is -0.486 e. The number of carboxylic acids is 1. The molecular weight excluding hydrogens is 348 g/mol. The molecule has 8 heteroatoms. The number of carbonyl (C=O) groups excluding carboxylic acids is 1. The normalized spacial score (nSPS) is 15.0. The highest BCUT2D eigenvalue weighted by Gasteiger charge is 2.21. The van der Waals surface area contributed by atoms with Gasteiger partial charge in [0.1, 0.15) is 13.2 Å². The quantitative estimate of drug-likeness (QED) is 0.759. The van der Waals surface area contributed by atoms with E-state index in [9.17, 15) is 9.59 Å². The third-order valence-corrected chi connectivity index (χ3v) is 4.14. The Morgan fingerprint density at radius 3 is 2.52 bits per heavy atom. The zero-order valence-electron chi connectivity index (χ0n) is 14.7. The molecule has 0 aliphatic carbocycles. The Labute approximate surface area is 153 Å². The van der Waals surface area contributed by atoms with Crippen LogP contribution in [0.2, 0.25) is 0 Å². The summed E-state index contributed by atoms with van der Waals surface area (Å²) in [6.45, 7) is 5.03. The Morgan fingerprint density at radius 2 is 1.88 bits per heavy atom. The largest absolute Gasteiger partial charge is 0.486 e. The van der Waals surface area contributed by atoms with Gasteiger partial charge in [-0.3, -0.25) is 14.5 Å². The van der Waals surface area contributed by atoms with Gasteiger partial charge in [0.25, 0.3) is 0 Å². The van der Waals surface area contributed by atoms with Gasteiger partial charge in [-0.15, -0.1) is 12.4 Å². The van der Waals surface area contributed by atoms with E-state index in [0.29, 0.717) is 31.3 Å². The van der Waals surface area contributed by atoms with Crippen LogP contribution in [0.4, 0.5) is 0 Å². The molecular formula is C17H25ClN2O5. The first-order chi connectivity index (χ1) is 11.4. The van der Waals surface area contributed by atoms with Crippen LogP contribution in [0.15, 0.2) is 18.2 Å². The van der Waals surface area contributed by atoms with E-state index in [0.717, 1.165) is 5.56 Å². The molecule has 1 aromatic rings. The molecule has 25 heavy (non-hydrogen) atoms. The molecule has 1 aromatic carbocycles. The summed E-state index contributed by atoms with van der Waals surface area (Å²) in [6.07, 6.45) is 0.00579. The van der Waals surface area contributed by atoms with Gasteiger partial charge >= 0.3 is 5.97 Å². The second-order valence-corrected chi connectivity index (χ2v) is 5.93. The molecule has 1 aliphatic heterocycles. The Hall–Kier alpha value is -1.99. The number of benzene rings is 1. The number of carbonyl (C=O) groups is 2. The Balaban J connectivity index is 0.00000312. The molecule has 0 saturated carbocycles. The van der Waals surface area contributed by atoms with Crippen molar-refractivity contribution < 1.29 is 24.2 Å². The topological polar surface area (TPSA) is 88.1 Å². The molecule has 2 unspecified atom stereocenters. The number of carboxylic acid groups (broad SMARTS) is 1. The van der Waals surface area contributed by atoms with E-state index in [1.165, 1.54) is 0 Å². The van der Waals surface area contributed by atoms with Crippen molar-refractivity contribution in [1.29, 1.82) is 0 Å². The number of nitrogens with zero attached hydrogens (tertiary/aromatic N) is 1. The highest BCUT2D eigenvalue weighted by Crippen LogP contribution is 2.32. The highest BCUT2D eigenvalue weighted by molar-refractivity contribution is 5.85. The van der Waals surface area contributed by atoms with Crippen molar-refractivity contribution in [3.63, 3.8) is 0 Å². The number of fused-ring (bicyclic) bond motifs is 1. The standard InChI is InChI=1S/C17H24N2O5.ClH/c1-11(13-4-5-14-15(10-13)24-9-8-23-14)18-17(22)12(2)19(3)7-6-16(20)21;/h4-5,10-12H,6-9H2,1-3H3,(H,18,22)(H,20,21);1H. The van der Waals surface area contributed by atoms with Gasteiger partial charge in [-0.25, -0.2) is 0 Å². The van der Waals surface area contributed by atoms with Crippen LogP contribution >= 0.6 is 12.4 Å². The average molecular weight is 373 g/mol. The molecule has 0 radical (unpaired) electrons. The van der Waals surface area contributed by atoms with Crippen LogP contribution in [-0.4, -0.2) is 54.7 Å². The lowest BCUT2D eigenvalue weighted by atomic mass is 10.1. The lowest BCUT2D eigenvalue weighted by Crippen LogP contribution is -2.44. The van der Waals surface area contributed by atoms with Crippen LogP contribution in [0.5, 0.6) is 11.5 Å². The predicted octanol–water partition coefficient (Wildman–Crippen LogP) is 1.85. The Morgan fingerprint density at radius 1 is 1.24 bits per heavy atom. The van der Waals surface area contributed by atoms with Gasteiger partial charge in [0.2, 0.25) is 5.91 Å². The molecule has 2 atom stereocenters. The van der Waals surface area contributed by atoms with E-state index in [4.69, 9.17) is 14.6 Å². The fourth-order valence-corrected chi connectivity index (χ4v) is 2.41. The van der Waals surface area contributed by atoms with Gasteiger partial charge < -0.3 is 19.9 Å². The summed E-state index contributed by atoms with van der Waals surface area (Å²) in [7, 11) is 1.74. The maximum absolute atomic E-state index is 12.3. The van der Waals surface area contributed by atoms with Gasteiger partial charge in [0.15, 0.2) is 11.5 Å². The lowest BCUT2D eigenvalue weighted by Gasteiger charge is -2.26. The third-order valence-electron chi connectivity index (χ3n) is 4.14. The zero-order valence-corrected chi connectivity index (χ0v) is 15.5. The molecule has 1 amide bonds. The maximum atomic E-state index is 12.3. The minimum atomic E-state index is -0.876. The molecule has 2 N–H and O–H groups in total. The van der Waals surface area contributed by atoms with Crippen molar-refractivity contribution in [2.24, 2.45) is 0 Å². The number of hydrogen-bond acceptors (Lipinski definition) is 5. The van der Waals surface area contributed by atoms with Crippen LogP contribution in [0.25, 0.3) is 0 Å². The smallest absolute Gasteiger partial charge is 0.304 e. The minimum absolute atomic E-state index is 0. The summed E-state index contributed by atoms with van der Waals surface area (Å²) in [5.41, 5.74) is 0.924. The van der Waals surface area contributed by atoms with Crippen molar-refractivity contribution in [2.45, 2.75) is 32.4 Å². The first kappa shape index (κ1) is 21.1. The molecule has 1 heterocycles. The first-order valence-corrected chi connectivity index (χ1v) is 8.00. The van der Waals surface area contributed by atoms with Crippen LogP contribution in [0.3, 0.4) is 0 Å². The fourth-order valence-electron chi connectivity index (χ4n) is 2.41. The van der Waals surface area contributed by atoms with Crippen LogP contribution in [-0.2, 0) is 9.59 Å². The summed E-state index contributed by atoms with van der Waals surface area (Å²) in [4.78, 5) is 24.7. The van der Waals surface area contributed by atoms with E-state index in [1.54, 1.807) is 18.9 Å². The van der Waals surface area contributed by atoms with Crippen molar-refractivity contribution in [3.8, 4) is 11.5 Å². The predicted molar refractivity (Wildman–Crippen MR) is 95.6 cm³/mol. The van der Waals surface area contributed by atoms with Gasteiger partial charge in [0, 0.05) is 6.54 Å². The monoisotopic (exact) mass is 372 g/mol. The maximum Gasteiger partial charge on any atom is 0.304 e. The number of amides is 1. The summed E-state index contributed by atoms with van der Waals surface area (Å²) < 4.78 is 11.0. The highest BCUT2D eigenvalue weighted by atomic mass is 35.5. The molecule has 2 rings (SSSR count). The molecule has 0 saturated heterocycles. The van der Waals surface area contributed by atoms with Crippen molar-refractivity contribution in [3.05, 3.63) is 23.8 Å². The number of ether oxygens (including phenoxy) is 2. The van der Waals surface area contributed by atoms with E-state index < -0.39 is 12.0 Å². The molecule has 0 aromatic heterocycles. The summed E-state index contributed by atoms with van der Waals surface area (Å²) >= 11 is 0. The SMILES string of the molecule is CC(NC(=O)C(C)N(C)CCC(=O)O)c1ccc2c(c1)OCCO2.Cl. The molecule has 0 fully saturated rings. The Kier molecular flexibility index (Phi) is 7.99. The van der Waals surface area contributed by atoms with Gasteiger partial charge in [-0.1, -0.05) is 6.07 Å². The van der Waals surface area contributed by atoms with Crippen LogP contribution in [0.1, 0.15) is 31.9 Å². The van der Waals surface area contributed by atoms with Crippen LogP contribution in [0, 0.1) is 0 Å². The third kappa shape index (κ3) is 5.79. The average Bonchev–Trinajstić information content (AvgIpc) is 2.58. The summed E-state index contributed by atoms with van der Waals surface area (Å²) in [5.74, 6) is 0.376. The van der Waals surface area contributed by atoms with E-state index in [1.807, 2.05) is 25.1 Å². The van der Waals surface area contributed by atoms with E-state index in [2.05, 4.69) is 5.32 Å². The number of hydrogen-bond donors (Lipinski definition) is 2. The zero-order chi connectivity index (χ0) is 17.7. The summed E-state index contributed by atoms with van der Waals surface area (Å²) in [5, 5.41) is 11.7. The van der Waals surface area contributed by atoms with Crippen molar-refractivity contribution in [2.75, 3.05) is 26.8 Å². The number of halogens is 1. The second kappa shape index (κ2) is 9.48. The number of nitrogens with one attached hydrogen (secondary N) is 1. The molecule has 7 nitrogen and oxygen atoms in total. The summed E-state index contributed by atoms with van der Waals surface area (Å²) in [6, 6.07) is 5.01. The van der Waals surface area contributed by atoms with E-state index >= 15 is 0 Å². The fraction of sp³-hybridized carbons (Fsp3) is 0.529. The van der Waals surface area contributed by atoms with Crippen molar-refractivity contribution in [1.82, 2.24) is 10.2 Å². The van der Waals surface area contributed by atoms with Crippen molar-refractivity contribution >= 4 is 24.3 Å². The lowest BCUT2D eigenvalue weighted by molar-refractivity contribution is -0.138. The molecule has 140 valence electrons. The molecule has 0 bridgehead atoms. The first-order valence-electron chi connectivity index (χ1n) is 8.00. The number of likely N-dealkylation sites (N-methyl/N-ethyl adjacent to an activating group) is 1. The second-order valence-electron chi connectivity index (χ2n) is 5.93.